The number of halogens is 1. The highest BCUT2D eigenvalue weighted by Crippen LogP contribution is 2.34. The number of hydrogen-bond donors (Lipinski definition) is 0. The molecule has 2 heterocycles. The molecular formula is C20H15FO4. The highest BCUT2D eigenvalue weighted by atomic mass is 19.1. The van der Waals surface area contributed by atoms with E-state index in [9.17, 15) is 9.18 Å². The topological polar surface area (TPSA) is 44.8 Å². The van der Waals surface area contributed by atoms with Gasteiger partial charge in [-0.2, -0.15) is 0 Å². The van der Waals surface area contributed by atoms with Gasteiger partial charge in [-0.15, -0.1) is 0 Å². The van der Waals surface area contributed by atoms with Crippen LogP contribution < -0.4 is 9.47 Å². The number of rotatable bonds is 2. The smallest absolute Gasteiger partial charge is 0.338 e. The molecule has 126 valence electrons. The van der Waals surface area contributed by atoms with Gasteiger partial charge in [0.2, 0.25) is 6.79 Å². The van der Waals surface area contributed by atoms with Crippen LogP contribution >= 0.6 is 0 Å². The van der Waals surface area contributed by atoms with E-state index in [1.807, 2.05) is 24.3 Å². The zero-order valence-corrected chi connectivity index (χ0v) is 13.5. The average molecular weight is 338 g/mol. The summed E-state index contributed by atoms with van der Waals surface area (Å²) in [7, 11) is 0. The summed E-state index contributed by atoms with van der Waals surface area (Å²) < 4.78 is 29.2. The van der Waals surface area contributed by atoms with Gasteiger partial charge >= 0.3 is 5.97 Å². The van der Waals surface area contributed by atoms with E-state index in [2.05, 4.69) is 0 Å². The maximum atomic E-state index is 13.4. The Morgan fingerprint density at radius 3 is 2.56 bits per heavy atom. The fourth-order valence-electron chi connectivity index (χ4n) is 2.83. The third-order valence-corrected chi connectivity index (χ3v) is 4.16. The Morgan fingerprint density at radius 2 is 1.72 bits per heavy atom. The van der Waals surface area contributed by atoms with E-state index in [0.29, 0.717) is 22.6 Å². The summed E-state index contributed by atoms with van der Waals surface area (Å²) in [6, 6.07) is 10.3. The van der Waals surface area contributed by atoms with Crippen LogP contribution in [0.3, 0.4) is 0 Å². The van der Waals surface area contributed by atoms with Crippen molar-refractivity contribution in [3.8, 4) is 11.5 Å². The van der Waals surface area contributed by atoms with Crippen LogP contribution in [-0.4, -0.2) is 19.4 Å². The molecule has 1 fully saturated rings. The van der Waals surface area contributed by atoms with Crippen molar-refractivity contribution in [3.05, 3.63) is 70.1 Å². The molecule has 4 nitrogen and oxygen atoms in total. The van der Waals surface area contributed by atoms with Crippen molar-refractivity contribution < 1.29 is 23.4 Å². The summed E-state index contributed by atoms with van der Waals surface area (Å²) in [5, 5.41) is 0. The van der Waals surface area contributed by atoms with Crippen LogP contribution in [0, 0.1) is 12.7 Å². The molecular weight excluding hydrogens is 323 g/mol. The molecule has 0 unspecified atom stereocenters. The third-order valence-electron chi connectivity index (χ3n) is 4.16. The van der Waals surface area contributed by atoms with E-state index >= 15 is 0 Å². The molecule has 0 amide bonds. The average Bonchev–Trinajstić information content (AvgIpc) is 3.19. The van der Waals surface area contributed by atoms with Crippen molar-refractivity contribution in [2.45, 2.75) is 6.92 Å². The monoisotopic (exact) mass is 338 g/mol. The number of carbonyl (C=O) groups is 1. The van der Waals surface area contributed by atoms with Gasteiger partial charge in [0.15, 0.2) is 11.5 Å². The Kier molecular flexibility index (Phi) is 3.76. The van der Waals surface area contributed by atoms with Crippen molar-refractivity contribution in [1.29, 1.82) is 0 Å². The van der Waals surface area contributed by atoms with Crippen molar-refractivity contribution in [2.75, 3.05) is 13.4 Å². The van der Waals surface area contributed by atoms with Gasteiger partial charge in [0.25, 0.3) is 0 Å². The lowest BCUT2D eigenvalue weighted by Crippen LogP contribution is -1.95. The molecule has 0 saturated carbocycles. The first-order valence-electron chi connectivity index (χ1n) is 7.86. The predicted molar refractivity (Wildman–Crippen MR) is 90.6 cm³/mol. The normalized spacial score (nSPS) is 18.9. The maximum Gasteiger partial charge on any atom is 0.338 e. The molecule has 0 aliphatic carbocycles. The Hall–Kier alpha value is -3.08. The molecule has 0 radical (unpaired) electrons. The largest absolute Gasteiger partial charge is 0.457 e. The van der Waals surface area contributed by atoms with E-state index in [-0.39, 0.29) is 25.2 Å². The summed E-state index contributed by atoms with van der Waals surface area (Å²) in [6.45, 7) is 2.11. The van der Waals surface area contributed by atoms with E-state index in [1.165, 1.54) is 6.07 Å². The summed E-state index contributed by atoms with van der Waals surface area (Å²) in [4.78, 5) is 12.1. The summed E-state index contributed by atoms with van der Waals surface area (Å²) in [5.41, 5.74) is 3.42. The lowest BCUT2D eigenvalue weighted by Gasteiger charge is -2.02. The summed E-state index contributed by atoms with van der Waals surface area (Å²) >= 11 is 0. The van der Waals surface area contributed by atoms with Crippen molar-refractivity contribution in [1.82, 2.24) is 0 Å². The van der Waals surface area contributed by atoms with Gasteiger partial charge in [-0.05, 0) is 60.0 Å². The fourth-order valence-corrected chi connectivity index (χ4v) is 2.83. The fraction of sp³-hybridized carbons (Fsp3) is 0.150. The molecule has 2 aliphatic rings. The number of cyclic esters (lactones) is 1. The van der Waals surface area contributed by atoms with Crippen molar-refractivity contribution in [3.63, 3.8) is 0 Å². The number of benzene rings is 2. The standard InChI is InChI=1S/C20H15FO4/c1-12-6-13(2-4-17(12)21)8-16-15(10-23-20(16)22)7-14-3-5-18-19(9-14)25-11-24-18/h2-9H,10-11H2,1H3/b15-7-,16-8-. The second-order valence-electron chi connectivity index (χ2n) is 5.93. The van der Waals surface area contributed by atoms with Crippen molar-refractivity contribution in [2.24, 2.45) is 0 Å². The van der Waals surface area contributed by atoms with Crippen LogP contribution in [0.1, 0.15) is 16.7 Å². The molecule has 5 heteroatoms. The van der Waals surface area contributed by atoms with Gasteiger partial charge in [0.05, 0.1) is 5.57 Å². The minimum absolute atomic E-state index is 0.208. The third kappa shape index (κ3) is 3.01. The van der Waals surface area contributed by atoms with Gasteiger partial charge in [0.1, 0.15) is 12.4 Å². The molecule has 2 aromatic rings. The number of carbonyl (C=O) groups excluding carboxylic acids is 1. The zero-order valence-electron chi connectivity index (χ0n) is 13.5. The molecule has 0 bridgehead atoms. The molecule has 2 aromatic carbocycles. The highest BCUT2D eigenvalue weighted by Gasteiger charge is 2.25. The van der Waals surface area contributed by atoms with Gasteiger partial charge in [-0.3, -0.25) is 0 Å². The molecule has 4 rings (SSSR count). The highest BCUT2D eigenvalue weighted by molar-refractivity contribution is 6.02. The SMILES string of the molecule is Cc1cc(/C=C2\C(=O)OC\C2=C\c2ccc3c(c2)OCO3)ccc1F. The van der Waals surface area contributed by atoms with E-state index in [1.54, 1.807) is 25.1 Å². The molecule has 1 saturated heterocycles. The van der Waals surface area contributed by atoms with Gasteiger partial charge in [0, 0.05) is 5.57 Å². The Morgan fingerprint density at radius 1 is 0.960 bits per heavy atom. The lowest BCUT2D eigenvalue weighted by atomic mass is 10.0. The molecule has 0 spiro atoms. The quantitative estimate of drug-likeness (QED) is 0.616. The molecule has 0 aromatic heterocycles. The van der Waals surface area contributed by atoms with Crippen LogP contribution in [0.2, 0.25) is 0 Å². The van der Waals surface area contributed by atoms with Crippen molar-refractivity contribution >= 4 is 18.1 Å². The molecule has 2 aliphatic heterocycles. The molecule has 0 N–H and O–H groups in total. The van der Waals surface area contributed by atoms with Crippen LogP contribution in [-0.2, 0) is 9.53 Å². The minimum atomic E-state index is -0.381. The second-order valence-corrected chi connectivity index (χ2v) is 5.93. The summed E-state index contributed by atoms with van der Waals surface area (Å²) in [5.74, 6) is 0.735. The number of hydrogen-bond acceptors (Lipinski definition) is 4. The maximum absolute atomic E-state index is 13.4. The number of aryl methyl sites for hydroxylation is 1. The van der Waals surface area contributed by atoms with Crippen LogP contribution in [0.4, 0.5) is 4.39 Å². The lowest BCUT2D eigenvalue weighted by molar-refractivity contribution is -0.134. The molecule has 25 heavy (non-hydrogen) atoms. The first kappa shape index (κ1) is 15.4. The van der Waals surface area contributed by atoms with E-state index in [0.717, 1.165) is 16.7 Å². The number of fused-ring (bicyclic) bond motifs is 1. The Bertz CT molecular complexity index is 927. The van der Waals surface area contributed by atoms with Crippen LogP contribution in [0.5, 0.6) is 11.5 Å². The molecule has 0 atom stereocenters. The van der Waals surface area contributed by atoms with E-state index < -0.39 is 0 Å². The van der Waals surface area contributed by atoms with Crippen LogP contribution in [0.25, 0.3) is 12.2 Å². The first-order chi connectivity index (χ1) is 12.1. The van der Waals surface area contributed by atoms with Gasteiger partial charge < -0.3 is 14.2 Å². The first-order valence-corrected chi connectivity index (χ1v) is 7.86. The Balaban J connectivity index is 1.69. The van der Waals surface area contributed by atoms with Crippen LogP contribution in [0.15, 0.2) is 47.5 Å². The zero-order chi connectivity index (χ0) is 17.4. The minimum Gasteiger partial charge on any atom is -0.457 e. The number of ether oxygens (including phenoxy) is 3. The number of esters is 1. The second kappa shape index (κ2) is 6.09. The summed E-state index contributed by atoms with van der Waals surface area (Å²) in [6.07, 6.45) is 3.61. The van der Waals surface area contributed by atoms with E-state index in [4.69, 9.17) is 14.2 Å². The van der Waals surface area contributed by atoms with Gasteiger partial charge in [-0.25, -0.2) is 9.18 Å². The van der Waals surface area contributed by atoms with Gasteiger partial charge in [-0.1, -0.05) is 12.1 Å². The predicted octanol–water partition coefficient (Wildman–Crippen LogP) is 3.89. The Labute approximate surface area is 144 Å².